The minimum Gasteiger partial charge on any atom is -0.351 e. The molecule has 1 heterocycles. The molecule has 0 spiro atoms. The summed E-state index contributed by atoms with van der Waals surface area (Å²) >= 11 is 0. The molecule has 0 fully saturated rings. The van der Waals surface area contributed by atoms with Crippen LogP contribution in [0, 0.1) is 0 Å². The number of halogens is 1. The molecule has 1 aromatic rings. The molecule has 0 unspecified atom stereocenters. The third-order valence-electron chi connectivity index (χ3n) is 4.63. The van der Waals surface area contributed by atoms with E-state index in [9.17, 15) is 0 Å². The van der Waals surface area contributed by atoms with Crippen molar-refractivity contribution in [3.8, 4) is 0 Å². The standard InChI is InChI=1S/C19H36N2.C3H9N.BrH/c1-2-3-4-5-6-7-8-9-10-11-12-13-14-15-16-19-17-20-18-21-19;1-2-3-4;/h17-18H,2-16H2,1H3,(H,20,21);2-4H2,1H3;1H. The Hall–Kier alpha value is -0.350. The zero-order valence-electron chi connectivity index (χ0n) is 17.6. The van der Waals surface area contributed by atoms with Crippen LogP contribution in [0.1, 0.15) is 116 Å². The topological polar surface area (TPSA) is 54.7 Å². The van der Waals surface area contributed by atoms with Crippen LogP contribution in [0.4, 0.5) is 0 Å². The van der Waals surface area contributed by atoms with Crippen molar-refractivity contribution < 1.29 is 0 Å². The van der Waals surface area contributed by atoms with Crippen molar-refractivity contribution in [2.75, 3.05) is 6.54 Å². The van der Waals surface area contributed by atoms with Crippen LogP contribution in [0.5, 0.6) is 0 Å². The summed E-state index contributed by atoms with van der Waals surface area (Å²) in [5.74, 6) is 0. The van der Waals surface area contributed by atoms with E-state index in [0.29, 0.717) is 0 Å². The van der Waals surface area contributed by atoms with Crippen LogP contribution in [0.25, 0.3) is 0 Å². The summed E-state index contributed by atoms with van der Waals surface area (Å²) in [6.45, 7) is 5.16. The summed E-state index contributed by atoms with van der Waals surface area (Å²) in [7, 11) is 0. The first kappa shape index (κ1) is 27.9. The van der Waals surface area contributed by atoms with E-state index in [1.807, 2.05) is 6.20 Å². The molecule has 0 radical (unpaired) electrons. The van der Waals surface area contributed by atoms with Crippen LogP contribution in [-0.2, 0) is 6.42 Å². The average Bonchev–Trinajstić information content (AvgIpc) is 3.15. The Kier molecular flexibility index (Phi) is 26.4. The van der Waals surface area contributed by atoms with Gasteiger partial charge in [0.2, 0.25) is 0 Å². The molecule has 1 rings (SSSR count). The van der Waals surface area contributed by atoms with Crippen molar-refractivity contribution in [2.24, 2.45) is 5.73 Å². The SMILES string of the molecule is Br.CCCCCCCCCCCCCCCCc1c[nH]cn1.CCCN. The van der Waals surface area contributed by atoms with Gasteiger partial charge in [0, 0.05) is 6.20 Å². The molecule has 0 aliphatic carbocycles. The first-order valence-corrected chi connectivity index (χ1v) is 11.0. The van der Waals surface area contributed by atoms with Gasteiger partial charge in [0.25, 0.3) is 0 Å². The number of unbranched alkanes of at least 4 members (excludes halogenated alkanes) is 13. The van der Waals surface area contributed by atoms with Crippen LogP contribution >= 0.6 is 17.0 Å². The van der Waals surface area contributed by atoms with Gasteiger partial charge >= 0.3 is 0 Å². The number of aromatic nitrogens is 2. The van der Waals surface area contributed by atoms with E-state index in [1.54, 1.807) is 6.33 Å². The molecule has 156 valence electrons. The van der Waals surface area contributed by atoms with Crippen molar-refractivity contribution in [1.29, 1.82) is 0 Å². The number of nitrogens with one attached hydrogen (secondary N) is 1. The molecule has 26 heavy (non-hydrogen) atoms. The lowest BCUT2D eigenvalue weighted by atomic mass is 10.0. The molecule has 3 nitrogen and oxygen atoms in total. The molecule has 0 amide bonds. The minimum absolute atomic E-state index is 0. The molecule has 0 saturated heterocycles. The van der Waals surface area contributed by atoms with Gasteiger partial charge in [-0.15, -0.1) is 17.0 Å². The van der Waals surface area contributed by atoms with Gasteiger partial charge in [-0.05, 0) is 25.8 Å². The Labute approximate surface area is 174 Å². The fourth-order valence-corrected chi connectivity index (χ4v) is 2.93. The highest BCUT2D eigenvalue weighted by atomic mass is 79.9. The van der Waals surface area contributed by atoms with Gasteiger partial charge in [0.05, 0.1) is 12.0 Å². The van der Waals surface area contributed by atoms with Crippen molar-refractivity contribution in [3.05, 3.63) is 18.2 Å². The number of H-pyrrole nitrogens is 1. The quantitative estimate of drug-likeness (QED) is 0.268. The molecule has 0 saturated carbocycles. The second-order valence-electron chi connectivity index (χ2n) is 7.20. The average molecular weight is 433 g/mol. The predicted octanol–water partition coefficient (Wildman–Crippen LogP) is 7.37. The van der Waals surface area contributed by atoms with Crippen LogP contribution in [0.15, 0.2) is 12.5 Å². The lowest BCUT2D eigenvalue weighted by Gasteiger charge is -2.03. The normalized spacial score (nSPS) is 10.1. The monoisotopic (exact) mass is 431 g/mol. The number of aryl methyl sites for hydroxylation is 1. The summed E-state index contributed by atoms with van der Waals surface area (Å²) in [6.07, 6.45) is 26.0. The van der Waals surface area contributed by atoms with Gasteiger partial charge in [-0.2, -0.15) is 0 Å². The van der Waals surface area contributed by atoms with E-state index < -0.39 is 0 Å². The number of nitrogens with zero attached hydrogens (tertiary/aromatic N) is 1. The Morgan fingerprint density at radius 1 is 0.731 bits per heavy atom. The van der Waals surface area contributed by atoms with Gasteiger partial charge in [0.15, 0.2) is 0 Å². The molecule has 0 aromatic carbocycles. The summed E-state index contributed by atoms with van der Waals surface area (Å²) in [6, 6.07) is 0. The van der Waals surface area contributed by atoms with Crippen LogP contribution < -0.4 is 5.73 Å². The van der Waals surface area contributed by atoms with Crippen molar-refractivity contribution >= 4 is 17.0 Å². The number of hydrogen-bond donors (Lipinski definition) is 2. The summed E-state index contributed by atoms with van der Waals surface area (Å²) in [5, 5.41) is 0. The van der Waals surface area contributed by atoms with E-state index >= 15 is 0 Å². The number of aromatic amines is 1. The number of imidazole rings is 1. The van der Waals surface area contributed by atoms with Gasteiger partial charge in [-0.25, -0.2) is 4.98 Å². The molecular formula is C22H46BrN3. The maximum Gasteiger partial charge on any atom is 0.0923 e. The number of rotatable bonds is 16. The van der Waals surface area contributed by atoms with E-state index in [1.165, 1.54) is 95.6 Å². The zero-order valence-corrected chi connectivity index (χ0v) is 19.3. The highest BCUT2D eigenvalue weighted by molar-refractivity contribution is 8.93. The number of hydrogen-bond acceptors (Lipinski definition) is 2. The van der Waals surface area contributed by atoms with E-state index in [-0.39, 0.29) is 17.0 Å². The minimum atomic E-state index is 0. The van der Waals surface area contributed by atoms with E-state index in [4.69, 9.17) is 5.73 Å². The van der Waals surface area contributed by atoms with Crippen molar-refractivity contribution in [1.82, 2.24) is 9.97 Å². The molecule has 0 aliphatic rings. The van der Waals surface area contributed by atoms with Gasteiger partial charge in [-0.1, -0.05) is 97.3 Å². The van der Waals surface area contributed by atoms with Crippen molar-refractivity contribution in [2.45, 2.75) is 117 Å². The highest BCUT2D eigenvalue weighted by Crippen LogP contribution is 2.13. The third-order valence-corrected chi connectivity index (χ3v) is 4.63. The van der Waals surface area contributed by atoms with Gasteiger partial charge in [0.1, 0.15) is 0 Å². The molecular weight excluding hydrogens is 386 g/mol. The molecule has 3 N–H and O–H groups in total. The Morgan fingerprint density at radius 2 is 1.15 bits per heavy atom. The van der Waals surface area contributed by atoms with Crippen LogP contribution in [0.2, 0.25) is 0 Å². The molecule has 0 bridgehead atoms. The Bertz CT molecular complexity index is 326. The largest absolute Gasteiger partial charge is 0.351 e. The van der Waals surface area contributed by atoms with Crippen LogP contribution in [-0.4, -0.2) is 16.5 Å². The fourth-order valence-electron chi connectivity index (χ4n) is 2.93. The van der Waals surface area contributed by atoms with Gasteiger partial charge < -0.3 is 10.7 Å². The lowest BCUT2D eigenvalue weighted by molar-refractivity contribution is 0.535. The first-order valence-electron chi connectivity index (χ1n) is 11.0. The Balaban J connectivity index is 0. The van der Waals surface area contributed by atoms with Gasteiger partial charge in [-0.3, -0.25) is 0 Å². The summed E-state index contributed by atoms with van der Waals surface area (Å²) in [5.41, 5.74) is 6.24. The fraction of sp³-hybridized carbons (Fsp3) is 0.864. The third kappa shape index (κ3) is 21.7. The smallest absolute Gasteiger partial charge is 0.0923 e. The first-order chi connectivity index (χ1) is 12.3. The maximum atomic E-state index is 5.03. The predicted molar refractivity (Wildman–Crippen MR) is 122 cm³/mol. The molecule has 0 atom stereocenters. The molecule has 4 heteroatoms. The highest BCUT2D eigenvalue weighted by Gasteiger charge is 1.96. The Morgan fingerprint density at radius 3 is 1.50 bits per heavy atom. The summed E-state index contributed by atoms with van der Waals surface area (Å²) in [4.78, 5) is 7.28. The summed E-state index contributed by atoms with van der Waals surface area (Å²) < 4.78 is 0. The number of nitrogens with two attached hydrogens (primary N) is 1. The second kappa shape index (κ2) is 24.7. The van der Waals surface area contributed by atoms with Crippen LogP contribution in [0.3, 0.4) is 0 Å². The molecule has 1 aromatic heterocycles. The maximum absolute atomic E-state index is 5.03. The lowest BCUT2D eigenvalue weighted by Crippen LogP contribution is -1.93. The van der Waals surface area contributed by atoms with E-state index in [2.05, 4.69) is 23.8 Å². The zero-order chi connectivity index (χ0) is 18.4. The second-order valence-corrected chi connectivity index (χ2v) is 7.20. The molecule has 0 aliphatic heterocycles. The van der Waals surface area contributed by atoms with E-state index in [0.717, 1.165) is 19.4 Å². The van der Waals surface area contributed by atoms with Crippen molar-refractivity contribution in [3.63, 3.8) is 0 Å².